The monoisotopic (exact) mass is 292 g/mol. The van der Waals surface area contributed by atoms with E-state index in [9.17, 15) is 8.42 Å². The Morgan fingerprint density at radius 3 is 2.44 bits per heavy atom. The lowest BCUT2D eigenvalue weighted by Gasteiger charge is -2.17. The number of nitrogens with zero attached hydrogens (tertiary/aromatic N) is 2. The second-order valence-corrected chi connectivity index (χ2v) is 6.77. The molecular formula is C12H21ClN2O2S. The summed E-state index contributed by atoms with van der Waals surface area (Å²) in [5.74, 6) is 6.26. The van der Waals surface area contributed by atoms with Crippen LogP contribution < -0.4 is 0 Å². The predicted molar refractivity (Wildman–Crippen MR) is 75.3 cm³/mol. The Labute approximate surface area is 116 Å². The molecule has 0 aromatic heterocycles. The Bertz CT molecular complexity index is 421. The maximum Gasteiger partial charge on any atom is 0.212 e. The molecule has 2 aliphatic heterocycles. The summed E-state index contributed by atoms with van der Waals surface area (Å²) in [6, 6.07) is -0.0902. The van der Waals surface area contributed by atoms with Gasteiger partial charge in [-0.2, -0.15) is 4.31 Å². The average molecular weight is 293 g/mol. The molecule has 104 valence electrons. The van der Waals surface area contributed by atoms with E-state index in [4.69, 9.17) is 0 Å². The topological polar surface area (TPSA) is 40.6 Å². The van der Waals surface area contributed by atoms with Gasteiger partial charge in [0.1, 0.15) is 0 Å². The van der Waals surface area contributed by atoms with E-state index in [0.29, 0.717) is 6.54 Å². The number of sulfonamides is 1. The fraction of sp³-hybridized carbons (Fsp3) is 0.833. The van der Waals surface area contributed by atoms with Gasteiger partial charge in [0, 0.05) is 6.54 Å². The molecule has 2 aliphatic rings. The first-order valence-electron chi connectivity index (χ1n) is 6.25. The van der Waals surface area contributed by atoms with Crippen LogP contribution in [0.4, 0.5) is 0 Å². The van der Waals surface area contributed by atoms with Crippen molar-refractivity contribution >= 4 is 22.4 Å². The van der Waals surface area contributed by atoms with Crippen LogP contribution in [0.3, 0.4) is 0 Å². The molecule has 0 bridgehead atoms. The van der Waals surface area contributed by atoms with E-state index < -0.39 is 10.0 Å². The van der Waals surface area contributed by atoms with Gasteiger partial charge in [-0.05, 0) is 38.8 Å². The van der Waals surface area contributed by atoms with Crippen LogP contribution in [-0.2, 0) is 10.0 Å². The van der Waals surface area contributed by atoms with Gasteiger partial charge in [0.25, 0.3) is 0 Å². The van der Waals surface area contributed by atoms with Crippen molar-refractivity contribution < 1.29 is 8.42 Å². The van der Waals surface area contributed by atoms with E-state index in [1.807, 2.05) is 0 Å². The zero-order chi connectivity index (χ0) is 12.3. The summed E-state index contributed by atoms with van der Waals surface area (Å²) in [5.41, 5.74) is 0. The first-order valence-corrected chi connectivity index (χ1v) is 8.10. The highest BCUT2D eigenvalue weighted by Gasteiger charge is 2.29. The molecule has 2 saturated heterocycles. The lowest BCUT2D eigenvalue weighted by atomic mass is 10.2. The van der Waals surface area contributed by atoms with Gasteiger partial charge in [-0.1, -0.05) is 11.8 Å². The smallest absolute Gasteiger partial charge is 0.212 e. The number of likely N-dealkylation sites (tertiary alicyclic amines) is 1. The van der Waals surface area contributed by atoms with Crippen molar-refractivity contribution in [1.29, 1.82) is 0 Å². The van der Waals surface area contributed by atoms with Crippen LogP contribution in [0.25, 0.3) is 0 Å². The third kappa shape index (κ3) is 4.13. The standard InChI is InChI=1S/C12H20N2O2S.ClH/c1-17(15,16)14-11-5-7-12(14)6-4-10-13-8-2-3-9-13;/h12H,2-3,5,7-11H2,1H3;1H/t12-;/m1./s1. The van der Waals surface area contributed by atoms with Gasteiger partial charge in [-0.3, -0.25) is 4.90 Å². The van der Waals surface area contributed by atoms with Crippen molar-refractivity contribution in [3.63, 3.8) is 0 Å². The summed E-state index contributed by atoms with van der Waals surface area (Å²) in [6.45, 7) is 3.68. The van der Waals surface area contributed by atoms with E-state index >= 15 is 0 Å². The van der Waals surface area contributed by atoms with Crippen molar-refractivity contribution in [1.82, 2.24) is 9.21 Å². The van der Waals surface area contributed by atoms with Crippen molar-refractivity contribution in [3.8, 4) is 11.8 Å². The Kier molecular flexibility index (Phi) is 5.93. The average Bonchev–Trinajstić information content (AvgIpc) is 2.86. The quantitative estimate of drug-likeness (QED) is 0.711. The molecule has 0 unspecified atom stereocenters. The second kappa shape index (κ2) is 6.76. The molecule has 0 spiro atoms. The van der Waals surface area contributed by atoms with Gasteiger partial charge in [0.2, 0.25) is 10.0 Å². The van der Waals surface area contributed by atoms with Gasteiger partial charge in [-0.15, -0.1) is 12.4 Å². The van der Waals surface area contributed by atoms with Crippen LogP contribution in [0.5, 0.6) is 0 Å². The number of hydrogen-bond donors (Lipinski definition) is 0. The molecule has 4 nitrogen and oxygen atoms in total. The molecule has 0 N–H and O–H groups in total. The van der Waals surface area contributed by atoms with Crippen LogP contribution >= 0.6 is 12.4 Å². The molecule has 0 saturated carbocycles. The van der Waals surface area contributed by atoms with Gasteiger partial charge >= 0.3 is 0 Å². The molecule has 0 aromatic rings. The minimum Gasteiger partial charge on any atom is -0.292 e. The van der Waals surface area contributed by atoms with Gasteiger partial charge in [0.05, 0.1) is 18.8 Å². The number of halogens is 1. The minimum absolute atomic E-state index is 0. The van der Waals surface area contributed by atoms with Crippen molar-refractivity contribution in [2.75, 3.05) is 32.4 Å². The summed E-state index contributed by atoms with van der Waals surface area (Å²) >= 11 is 0. The molecule has 0 radical (unpaired) electrons. The summed E-state index contributed by atoms with van der Waals surface area (Å²) in [6.07, 6.45) is 5.60. The lowest BCUT2D eigenvalue weighted by molar-refractivity contribution is 0.382. The Balaban J connectivity index is 0.00000162. The lowest BCUT2D eigenvalue weighted by Crippen LogP contribution is -2.33. The van der Waals surface area contributed by atoms with E-state index in [0.717, 1.165) is 32.5 Å². The first kappa shape index (κ1) is 15.8. The Hall–Kier alpha value is -0.280. The van der Waals surface area contributed by atoms with Crippen molar-refractivity contribution in [2.45, 2.75) is 31.7 Å². The Morgan fingerprint density at radius 1 is 1.17 bits per heavy atom. The minimum atomic E-state index is -3.08. The van der Waals surface area contributed by atoms with Gasteiger partial charge in [0.15, 0.2) is 0 Å². The molecule has 2 heterocycles. The van der Waals surface area contributed by atoms with E-state index in [1.54, 1.807) is 0 Å². The summed E-state index contributed by atoms with van der Waals surface area (Å²) in [5, 5.41) is 0. The number of rotatable bonds is 2. The van der Waals surface area contributed by atoms with Crippen molar-refractivity contribution in [3.05, 3.63) is 0 Å². The summed E-state index contributed by atoms with van der Waals surface area (Å²) < 4.78 is 24.6. The zero-order valence-corrected chi connectivity index (χ0v) is 12.4. The second-order valence-electron chi connectivity index (χ2n) is 4.84. The number of hydrogen-bond acceptors (Lipinski definition) is 3. The Morgan fingerprint density at radius 2 is 1.83 bits per heavy atom. The predicted octanol–water partition coefficient (Wildman–Crippen LogP) is 0.931. The third-order valence-corrected chi connectivity index (χ3v) is 4.69. The maximum atomic E-state index is 11.5. The molecular weight excluding hydrogens is 272 g/mol. The fourth-order valence-corrected chi connectivity index (χ4v) is 3.58. The van der Waals surface area contributed by atoms with E-state index in [-0.39, 0.29) is 18.4 Å². The van der Waals surface area contributed by atoms with E-state index in [2.05, 4.69) is 16.7 Å². The molecule has 2 fully saturated rings. The maximum absolute atomic E-state index is 11.5. The SMILES string of the molecule is CS(=O)(=O)N1CCC[C@H]1C#CCN1CCCC1.Cl. The van der Waals surface area contributed by atoms with Crippen LogP contribution in [0.2, 0.25) is 0 Å². The van der Waals surface area contributed by atoms with Gasteiger partial charge in [-0.25, -0.2) is 8.42 Å². The third-order valence-electron chi connectivity index (χ3n) is 3.40. The largest absolute Gasteiger partial charge is 0.292 e. The highest BCUT2D eigenvalue weighted by Crippen LogP contribution is 2.19. The van der Waals surface area contributed by atoms with Crippen LogP contribution in [-0.4, -0.2) is 56.1 Å². The van der Waals surface area contributed by atoms with Gasteiger partial charge < -0.3 is 0 Å². The molecule has 0 amide bonds. The highest BCUT2D eigenvalue weighted by atomic mass is 35.5. The van der Waals surface area contributed by atoms with E-state index in [1.165, 1.54) is 23.4 Å². The summed E-state index contributed by atoms with van der Waals surface area (Å²) in [4.78, 5) is 2.33. The van der Waals surface area contributed by atoms with Crippen LogP contribution in [0, 0.1) is 11.8 Å². The molecule has 6 heteroatoms. The molecule has 18 heavy (non-hydrogen) atoms. The molecule has 2 rings (SSSR count). The van der Waals surface area contributed by atoms with Crippen molar-refractivity contribution in [2.24, 2.45) is 0 Å². The molecule has 1 atom stereocenters. The molecule has 0 aromatic carbocycles. The highest BCUT2D eigenvalue weighted by molar-refractivity contribution is 7.88. The summed E-state index contributed by atoms with van der Waals surface area (Å²) in [7, 11) is -3.08. The normalized spacial score (nSPS) is 25.5. The zero-order valence-electron chi connectivity index (χ0n) is 10.8. The van der Waals surface area contributed by atoms with Crippen LogP contribution in [0.15, 0.2) is 0 Å². The fourth-order valence-electron chi connectivity index (χ4n) is 2.50. The van der Waals surface area contributed by atoms with Crippen LogP contribution in [0.1, 0.15) is 25.7 Å². The first-order chi connectivity index (χ1) is 8.07. The molecule has 0 aliphatic carbocycles.